The second-order valence-corrected chi connectivity index (χ2v) is 6.15. The van der Waals surface area contributed by atoms with Crippen molar-refractivity contribution in [3.8, 4) is 0 Å². The minimum Gasteiger partial charge on any atom is -0.377 e. The van der Waals surface area contributed by atoms with E-state index in [0.29, 0.717) is 12.0 Å². The summed E-state index contributed by atoms with van der Waals surface area (Å²) >= 11 is 3.38. The molecule has 0 spiro atoms. The third-order valence-corrected chi connectivity index (χ3v) is 4.13. The number of halogens is 1. The van der Waals surface area contributed by atoms with E-state index in [1.807, 2.05) is 0 Å². The SMILES string of the molecule is CCCC(CCC)C(=O)N1CCC(OCCBr)CC1. The molecule has 4 heteroatoms. The standard InChI is InChI=1S/C15H28BrNO2/c1-3-5-13(6-4-2)15(18)17-10-7-14(8-11-17)19-12-9-16/h13-14H,3-12H2,1-2H3. The van der Waals surface area contributed by atoms with Crippen LogP contribution in [0.2, 0.25) is 0 Å². The molecule has 1 aliphatic heterocycles. The summed E-state index contributed by atoms with van der Waals surface area (Å²) in [4.78, 5) is 14.5. The summed E-state index contributed by atoms with van der Waals surface area (Å²) in [5.41, 5.74) is 0. The van der Waals surface area contributed by atoms with E-state index < -0.39 is 0 Å². The lowest BCUT2D eigenvalue weighted by Crippen LogP contribution is -2.43. The van der Waals surface area contributed by atoms with Crippen molar-refractivity contribution in [2.24, 2.45) is 5.92 Å². The van der Waals surface area contributed by atoms with Gasteiger partial charge in [-0.2, -0.15) is 0 Å². The normalized spacial score (nSPS) is 17.2. The smallest absolute Gasteiger partial charge is 0.225 e. The molecule has 1 saturated heterocycles. The highest BCUT2D eigenvalue weighted by Crippen LogP contribution is 2.21. The van der Waals surface area contributed by atoms with Crippen molar-refractivity contribution in [2.75, 3.05) is 25.0 Å². The molecule has 0 saturated carbocycles. The van der Waals surface area contributed by atoms with Crippen molar-refractivity contribution in [1.29, 1.82) is 0 Å². The van der Waals surface area contributed by atoms with E-state index >= 15 is 0 Å². The molecular weight excluding hydrogens is 306 g/mol. The fourth-order valence-electron chi connectivity index (χ4n) is 2.80. The molecule has 0 aromatic rings. The van der Waals surface area contributed by atoms with Crippen LogP contribution in [0.5, 0.6) is 0 Å². The highest BCUT2D eigenvalue weighted by atomic mass is 79.9. The molecule has 3 nitrogen and oxygen atoms in total. The quantitative estimate of drug-likeness (QED) is 0.635. The number of alkyl halides is 1. The molecule has 0 aromatic heterocycles. The van der Waals surface area contributed by atoms with E-state index in [1.165, 1.54) is 0 Å². The zero-order valence-electron chi connectivity index (χ0n) is 12.4. The lowest BCUT2D eigenvalue weighted by Gasteiger charge is -2.34. The largest absolute Gasteiger partial charge is 0.377 e. The van der Waals surface area contributed by atoms with Crippen LogP contribution in [0.4, 0.5) is 0 Å². The predicted molar refractivity (Wildman–Crippen MR) is 82.7 cm³/mol. The molecule has 0 unspecified atom stereocenters. The Bertz CT molecular complexity index is 247. The number of hydrogen-bond acceptors (Lipinski definition) is 2. The first-order valence-corrected chi connectivity index (χ1v) is 8.81. The molecule has 1 amide bonds. The molecule has 1 fully saturated rings. The van der Waals surface area contributed by atoms with E-state index in [4.69, 9.17) is 4.74 Å². The van der Waals surface area contributed by atoms with Crippen LogP contribution < -0.4 is 0 Å². The van der Waals surface area contributed by atoms with E-state index in [1.54, 1.807) is 0 Å². The first kappa shape index (κ1) is 17.0. The Kier molecular flexibility index (Phi) is 8.71. The maximum absolute atomic E-state index is 12.5. The summed E-state index contributed by atoms with van der Waals surface area (Å²) in [5.74, 6) is 0.623. The Hall–Kier alpha value is -0.0900. The Morgan fingerprint density at radius 2 is 1.84 bits per heavy atom. The van der Waals surface area contributed by atoms with Crippen LogP contribution in [-0.2, 0) is 9.53 Å². The summed E-state index contributed by atoms with van der Waals surface area (Å²) in [7, 11) is 0. The molecule has 1 aliphatic rings. The molecule has 0 N–H and O–H groups in total. The number of ether oxygens (including phenoxy) is 1. The third kappa shape index (κ3) is 5.82. The summed E-state index contributed by atoms with van der Waals surface area (Å²) in [6, 6.07) is 0. The van der Waals surface area contributed by atoms with Gasteiger partial charge in [-0.25, -0.2) is 0 Å². The van der Waals surface area contributed by atoms with Gasteiger partial charge in [-0.1, -0.05) is 42.6 Å². The number of amides is 1. The van der Waals surface area contributed by atoms with Gasteiger partial charge >= 0.3 is 0 Å². The average molecular weight is 334 g/mol. The van der Waals surface area contributed by atoms with Gasteiger partial charge in [0.15, 0.2) is 0 Å². The first-order valence-electron chi connectivity index (χ1n) is 7.69. The second-order valence-electron chi connectivity index (χ2n) is 5.36. The first-order chi connectivity index (χ1) is 9.22. The van der Waals surface area contributed by atoms with Crippen LogP contribution in [-0.4, -0.2) is 41.9 Å². The van der Waals surface area contributed by atoms with Gasteiger partial charge in [0.05, 0.1) is 12.7 Å². The van der Waals surface area contributed by atoms with Gasteiger partial charge in [-0.3, -0.25) is 4.79 Å². The van der Waals surface area contributed by atoms with E-state index in [2.05, 4.69) is 34.7 Å². The zero-order valence-corrected chi connectivity index (χ0v) is 14.0. The van der Waals surface area contributed by atoms with Gasteiger partial charge in [0.2, 0.25) is 5.91 Å². The minimum atomic E-state index is 0.245. The van der Waals surface area contributed by atoms with Crippen molar-refractivity contribution >= 4 is 21.8 Å². The lowest BCUT2D eigenvalue weighted by molar-refractivity contribution is -0.138. The molecule has 0 aliphatic carbocycles. The number of likely N-dealkylation sites (tertiary alicyclic amines) is 1. The van der Waals surface area contributed by atoms with Crippen molar-refractivity contribution in [1.82, 2.24) is 4.90 Å². The Balaban J connectivity index is 2.37. The van der Waals surface area contributed by atoms with Crippen LogP contribution in [0.3, 0.4) is 0 Å². The average Bonchev–Trinajstić information content (AvgIpc) is 2.44. The number of hydrogen-bond donors (Lipinski definition) is 0. The van der Waals surface area contributed by atoms with Gasteiger partial charge in [0, 0.05) is 24.3 Å². The van der Waals surface area contributed by atoms with Gasteiger partial charge < -0.3 is 9.64 Å². The third-order valence-electron chi connectivity index (χ3n) is 3.81. The van der Waals surface area contributed by atoms with E-state index in [0.717, 1.165) is 63.6 Å². The molecule has 112 valence electrons. The molecule has 0 aromatic carbocycles. The minimum absolute atomic E-state index is 0.245. The summed E-state index contributed by atoms with van der Waals surface area (Å²) in [6.45, 7) is 6.84. The van der Waals surface area contributed by atoms with Crippen molar-refractivity contribution < 1.29 is 9.53 Å². The number of nitrogens with zero attached hydrogens (tertiary/aromatic N) is 1. The highest BCUT2D eigenvalue weighted by molar-refractivity contribution is 9.09. The fourth-order valence-corrected chi connectivity index (χ4v) is 2.99. The molecule has 1 rings (SSSR count). The number of carbonyl (C=O) groups is 1. The van der Waals surface area contributed by atoms with Gasteiger partial charge in [-0.05, 0) is 25.7 Å². The molecule has 0 radical (unpaired) electrons. The topological polar surface area (TPSA) is 29.5 Å². The number of piperidine rings is 1. The summed E-state index contributed by atoms with van der Waals surface area (Å²) < 4.78 is 5.73. The second kappa shape index (κ2) is 9.76. The molecule has 0 bridgehead atoms. The van der Waals surface area contributed by atoms with Crippen molar-refractivity contribution in [3.05, 3.63) is 0 Å². The van der Waals surface area contributed by atoms with Crippen molar-refractivity contribution in [3.63, 3.8) is 0 Å². The maximum Gasteiger partial charge on any atom is 0.225 e. The molecule has 0 atom stereocenters. The van der Waals surface area contributed by atoms with Crippen LogP contribution in [0.25, 0.3) is 0 Å². The Morgan fingerprint density at radius 3 is 2.32 bits per heavy atom. The van der Waals surface area contributed by atoms with E-state index in [9.17, 15) is 4.79 Å². The Morgan fingerprint density at radius 1 is 1.26 bits per heavy atom. The summed E-state index contributed by atoms with van der Waals surface area (Å²) in [6.07, 6.45) is 6.59. The molecular formula is C15H28BrNO2. The lowest BCUT2D eigenvalue weighted by atomic mass is 9.95. The molecule has 19 heavy (non-hydrogen) atoms. The highest BCUT2D eigenvalue weighted by Gasteiger charge is 2.27. The molecule has 1 heterocycles. The predicted octanol–water partition coefficient (Wildman–Crippen LogP) is 3.61. The van der Waals surface area contributed by atoms with E-state index in [-0.39, 0.29) is 5.92 Å². The van der Waals surface area contributed by atoms with Gasteiger partial charge in [0.25, 0.3) is 0 Å². The van der Waals surface area contributed by atoms with Gasteiger partial charge in [-0.15, -0.1) is 0 Å². The van der Waals surface area contributed by atoms with Crippen LogP contribution in [0.15, 0.2) is 0 Å². The van der Waals surface area contributed by atoms with Crippen LogP contribution in [0.1, 0.15) is 52.4 Å². The maximum atomic E-state index is 12.5. The summed E-state index contributed by atoms with van der Waals surface area (Å²) in [5, 5.41) is 0.890. The van der Waals surface area contributed by atoms with Crippen LogP contribution >= 0.6 is 15.9 Å². The number of carbonyl (C=O) groups excluding carboxylic acids is 1. The monoisotopic (exact) mass is 333 g/mol. The van der Waals surface area contributed by atoms with Gasteiger partial charge in [0.1, 0.15) is 0 Å². The zero-order chi connectivity index (χ0) is 14.1. The Labute approximate surface area is 126 Å². The fraction of sp³-hybridized carbons (Fsp3) is 0.933. The number of rotatable bonds is 8. The van der Waals surface area contributed by atoms with Crippen LogP contribution in [0, 0.1) is 5.92 Å². The van der Waals surface area contributed by atoms with Crippen molar-refractivity contribution in [2.45, 2.75) is 58.5 Å².